The molecule has 0 aliphatic heterocycles. The Morgan fingerprint density at radius 3 is 2.82 bits per heavy atom. The number of rotatable bonds is 6. The van der Waals surface area contributed by atoms with Crippen LogP contribution in [-0.2, 0) is 13.0 Å². The first kappa shape index (κ1) is 15.0. The maximum Gasteiger partial charge on any atom is 0.205 e. The largest absolute Gasteiger partial charge is 0.358 e. The number of benzene rings is 1. The van der Waals surface area contributed by atoms with Gasteiger partial charge in [-0.3, -0.25) is 0 Å². The highest BCUT2D eigenvalue weighted by molar-refractivity contribution is 7.15. The molecule has 0 saturated heterocycles. The monoisotopic (exact) mass is 315 g/mol. The van der Waals surface area contributed by atoms with E-state index in [0.717, 1.165) is 29.6 Å². The Kier molecular flexibility index (Phi) is 4.40. The van der Waals surface area contributed by atoms with Gasteiger partial charge in [0.2, 0.25) is 5.13 Å². The molecule has 0 spiro atoms. The van der Waals surface area contributed by atoms with Crippen LogP contribution in [0.3, 0.4) is 0 Å². The Labute approximate surface area is 134 Å². The smallest absolute Gasteiger partial charge is 0.205 e. The fourth-order valence-corrected chi connectivity index (χ4v) is 2.96. The highest BCUT2D eigenvalue weighted by atomic mass is 32.1. The lowest BCUT2D eigenvalue weighted by Crippen LogP contribution is -2.15. The van der Waals surface area contributed by atoms with Crippen molar-refractivity contribution in [1.29, 1.82) is 0 Å². The highest BCUT2D eigenvalue weighted by Crippen LogP contribution is 2.19. The van der Waals surface area contributed by atoms with Crippen LogP contribution in [0.5, 0.6) is 0 Å². The van der Waals surface area contributed by atoms with Crippen molar-refractivity contribution in [3.8, 4) is 0 Å². The summed E-state index contributed by atoms with van der Waals surface area (Å²) in [6, 6.07) is 8.77. The summed E-state index contributed by atoms with van der Waals surface area (Å²) in [5.41, 5.74) is 3.73. The summed E-state index contributed by atoms with van der Waals surface area (Å²) in [4.78, 5) is 5.69. The van der Waals surface area contributed by atoms with Crippen molar-refractivity contribution in [3.05, 3.63) is 40.5 Å². The number of hydrogen-bond donors (Lipinski definition) is 2. The lowest BCUT2D eigenvalue weighted by Gasteiger charge is -2.07. The average molecular weight is 315 g/mol. The van der Waals surface area contributed by atoms with Crippen LogP contribution in [0, 0.1) is 6.92 Å². The number of hydrogen-bond acceptors (Lipinski definition) is 5. The van der Waals surface area contributed by atoms with E-state index in [4.69, 9.17) is 0 Å². The number of anilines is 1. The van der Waals surface area contributed by atoms with Crippen molar-refractivity contribution in [1.82, 2.24) is 20.1 Å². The lowest BCUT2D eigenvalue weighted by molar-refractivity contribution is 0.412. The van der Waals surface area contributed by atoms with Crippen molar-refractivity contribution >= 4 is 27.4 Å². The Hall–Kier alpha value is -1.92. The molecule has 116 valence electrons. The maximum absolute atomic E-state index is 4.08. The summed E-state index contributed by atoms with van der Waals surface area (Å²) < 4.78 is 0. The van der Waals surface area contributed by atoms with Crippen LogP contribution >= 0.6 is 11.3 Å². The standard InChI is InChI=1S/C16H21N5S/c1-11-19-20-16(22-11)17-10-12-4-5-15-13(8-12)9-14(18-15)6-7-21(2)3/h4-5,8-9,18H,6-7,10H2,1-3H3,(H,17,20). The molecule has 1 aromatic carbocycles. The van der Waals surface area contributed by atoms with Crippen LogP contribution in [0.25, 0.3) is 10.9 Å². The zero-order valence-electron chi connectivity index (χ0n) is 13.2. The van der Waals surface area contributed by atoms with Gasteiger partial charge in [-0.05, 0) is 50.2 Å². The molecule has 0 radical (unpaired) electrons. The van der Waals surface area contributed by atoms with Gasteiger partial charge in [-0.15, -0.1) is 10.2 Å². The number of nitrogens with one attached hydrogen (secondary N) is 2. The molecule has 2 N–H and O–H groups in total. The summed E-state index contributed by atoms with van der Waals surface area (Å²) in [5, 5.41) is 14.5. The van der Waals surface area contributed by atoms with Crippen molar-refractivity contribution in [2.24, 2.45) is 0 Å². The van der Waals surface area contributed by atoms with Gasteiger partial charge in [-0.1, -0.05) is 17.4 Å². The summed E-state index contributed by atoms with van der Waals surface area (Å²) in [6.07, 6.45) is 1.04. The van der Waals surface area contributed by atoms with Gasteiger partial charge in [-0.2, -0.15) is 0 Å². The molecule has 0 bridgehead atoms. The second-order valence-electron chi connectivity index (χ2n) is 5.75. The van der Waals surface area contributed by atoms with Crippen LogP contribution in [0.2, 0.25) is 0 Å². The SMILES string of the molecule is Cc1nnc(NCc2ccc3[nH]c(CCN(C)C)cc3c2)s1. The molecule has 6 heteroatoms. The molecular formula is C16H21N5S. The van der Waals surface area contributed by atoms with Crippen LogP contribution in [0.15, 0.2) is 24.3 Å². The quantitative estimate of drug-likeness (QED) is 0.734. The molecule has 0 atom stereocenters. The lowest BCUT2D eigenvalue weighted by atomic mass is 10.1. The second-order valence-corrected chi connectivity index (χ2v) is 6.93. The third-order valence-electron chi connectivity index (χ3n) is 3.54. The van der Waals surface area contributed by atoms with Gasteiger partial charge in [-0.25, -0.2) is 0 Å². The first-order chi connectivity index (χ1) is 10.6. The van der Waals surface area contributed by atoms with Crippen molar-refractivity contribution in [2.45, 2.75) is 19.9 Å². The summed E-state index contributed by atoms with van der Waals surface area (Å²) in [6.45, 7) is 3.78. The predicted molar refractivity (Wildman–Crippen MR) is 92.5 cm³/mol. The zero-order valence-corrected chi connectivity index (χ0v) is 14.0. The number of likely N-dealkylation sites (N-methyl/N-ethyl adjacent to an activating group) is 1. The second kappa shape index (κ2) is 6.46. The zero-order chi connectivity index (χ0) is 15.5. The molecule has 3 rings (SSSR count). The number of fused-ring (bicyclic) bond motifs is 1. The minimum absolute atomic E-state index is 0.767. The fourth-order valence-electron chi connectivity index (χ4n) is 2.38. The number of aromatic amines is 1. The predicted octanol–water partition coefficient (Wildman–Crippen LogP) is 3.04. The van der Waals surface area contributed by atoms with E-state index < -0.39 is 0 Å². The van der Waals surface area contributed by atoms with Gasteiger partial charge < -0.3 is 15.2 Å². The van der Waals surface area contributed by atoms with Gasteiger partial charge in [0.1, 0.15) is 5.01 Å². The summed E-state index contributed by atoms with van der Waals surface area (Å²) in [7, 11) is 4.20. The van der Waals surface area contributed by atoms with E-state index in [1.54, 1.807) is 11.3 Å². The van der Waals surface area contributed by atoms with Crippen molar-refractivity contribution in [2.75, 3.05) is 26.0 Å². The average Bonchev–Trinajstić information content (AvgIpc) is 3.08. The minimum atomic E-state index is 0.767. The molecule has 0 saturated carbocycles. The van der Waals surface area contributed by atoms with Gasteiger partial charge in [0, 0.05) is 30.7 Å². The molecule has 5 nitrogen and oxygen atoms in total. The van der Waals surface area contributed by atoms with E-state index in [1.807, 2.05) is 6.92 Å². The molecule has 0 aliphatic carbocycles. The van der Waals surface area contributed by atoms with E-state index in [-0.39, 0.29) is 0 Å². The molecule has 0 aliphatic rings. The fraction of sp³-hybridized carbons (Fsp3) is 0.375. The molecular weight excluding hydrogens is 294 g/mol. The van der Waals surface area contributed by atoms with Crippen LogP contribution in [-0.4, -0.2) is 40.7 Å². The molecule has 2 aromatic heterocycles. The molecule has 0 fully saturated rings. The van der Waals surface area contributed by atoms with E-state index in [1.165, 1.54) is 22.2 Å². The van der Waals surface area contributed by atoms with Crippen molar-refractivity contribution < 1.29 is 0 Å². The first-order valence-electron chi connectivity index (χ1n) is 7.39. The third kappa shape index (κ3) is 3.64. The number of aromatic nitrogens is 3. The van der Waals surface area contributed by atoms with Gasteiger partial charge in [0.05, 0.1) is 0 Å². The van der Waals surface area contributed by atoms with E-state index in [9.17, 15) is 0 Å². The van der Waals surface area contributed by atoms with Crippen LogP contribution < -0.4 is 5.32 Å². The Morgan fingerprint density at radius 1 is 1.23 bits per heavy atom. The summed E-state index contributed by atoms with van der Waals surface area (Å²) in [5.74, 6) is 0. The first-order valence-corrected chi connectivity index (χ1v) is 8.21. The van der Waals surface area contributed by atoms with Crippen LogP contribution in [0.4, 0.5) is 5.13 Å². The molecule has 0 amide bonds. The third-order valence-corrected chi connectivity index (χ3v) is 4.34. The van der Waals surface area contributed by atoms with Gasteiger partial charge in [0.25, 0.3) is 0 Å². The normalized spacial score (nSPS) is 11.5. The van der Waals surface area contributed by atoms with E-state index in [0.29, 0.717) is 0 Å². The number of H-pyrrole nitrogens is 1. The molecule has 3 aromatic rings. The van der Waals surface area contributed by atoms with Gasteiger partial charge in [0.15, 0.2) is 0 Å². The maximum atomic E-state index is 4.08. The Morgan fingerprint density at radius 2 is 2.09 bits per heavy atom. The van der Waals surface area contributed by atoms with E-state index in [2.05, 4.69) is 63.8 Å². The summed E-state index contributed by atoms with van der Waals surface area (Å²) >= 11 is 1.58. The number of nitrogens with zero attached hydrogens (tertiary/aromatic N) is 3. The Bertz CT molecular complexity index is 759. The van der Waals surface area contributed by atoms with E-state index >= 15 is 0 Å². The highest BCUT2D eigenvalue weighted by Gasteiger charge is 2.04. The van der Waals surface area contributed by atoms with Gasteiger partial charge >= 0.3 is 0 Å². The van der Waals surface area contributed by atoms with Crippen LogP contribution in [0.1, 0.15) is 16.3 Å². The number of aryl methyl sites for hydroxylation is 1. The minimum Gasteiger partial charge on any atom is -0.358 e. The molecule has 0 unspecified atom stereocenters. The van der Waals surface area contributed by atoms with Crippen molar-refractivity contribution in [3.63, 3.8) is 0 Å². The Balaban J connectivity index is 1.69. The molecule has 22 heavy (non-hydrogen) atoms. The molecule has 2 heterocycles. The topological polar surface area (TPSA) is 56.8 Å².